The molecule has 1 aliphatic carbocycles. The fraction of sp³-hybridized carbons (Fsp3) is 0.391. The van der Waals surface area contributed by atoms with Gasteiger partial charge in [-0.3, -0.25) is 9.52 Å². The van der Waals surface area contributed by atoms with Crippen LogP contribution in [0.3, 0.4) is 0 Å². The Morgan fingerprint density at radius 2 is 1.84 bits per heavy atom. The van der Waals surface area contributed by atoms with Crippen LogP contribution in [0.25, 0.3) is 11.0 Å². The number of amides is 1. The van der Waals surface area contributed by atoms with Crippen LogP contribution in [0.4, 0.5) is 5.69 Å². The number of anilines is 1. The summed E-state index contributed by atoms with van der Waals surface area (Å²) in [4.78, 5) is 17.1. The van der Waals surface area contributed by atoms with Gasteiger partial charge in [-0.15, -0.1) is 0 Å². The summed E-state index contributed by atoms with van der Waals surface area (Å²) in [5.74, 6) is 1.12. The highest BCUT2D eigenvalue weighted by Crippen LogP contribution is 2.24. The number of rotatable bonds is 7. The Morgan fingerprint density at radius 1 is 1.12 bits per heavy atom. The molecule has 1 aliphatic rings. The molecule has 3 aromatic rings. The van der Waals surface area contributed by atoms with E-state index in [1.807, 2.05) is 17.7 Å². The first-order valence-electron chi connectivity index (χ1n) is 10.8. The number of nitrogens with one attached hydrogen (secondary N) is 2. The molecular formula is C23H27ClN4O3S. The van der Waals surface area contributed by atoms with Gasteiger partial charge in [-0.25, -0.2) is 13.4 Å². The quantitative estimate of drug-likeness (QED) is 0.534. The molecule has 0 aliphatic heterocycles. The molecule has 2 aromatic carbocycles. The summed E-state index contributed by atoms with van der Waals surface area (Å²) in [5.41, 5.74) is 2.02. The number of aryl methyl sites for hydroxylation is 1. The van der Waals surface area contributed by atoms with Crippen molar-refractivity contribution in [3.63, 3.8) is 0 Å². The first-order chi connectivity index (χ1) is 15.3. The molecule has 0 saturated heterocycles. The van der Waals surface area contributed by atoms with E-state index < -0.39 is 10.0 Å². The number of hydrogen-bond acceptors (Lipinski definition) is 4. The first-order valence-corrected chi connectivity index (χ1v) is 12.7. The second-order valence-corrected chi connectivity index (χ2v) is 10.3. The van der Waals surface area contributed by atoms with Crippen LogP contribution in [0.5, 0.6) is 0 Å². The van der Waals surface area contributed by atoms with Crippen molar-refractivity contribution in [1.82, 2.24) is 14.9 Å². The molecule has 170 valence electrons. The lowest BCUT2D eigenvalue weighted by molar-refractivity contribution is -0.125. The van der Waals surface area contributed by atoms with Gasteiger partial charge in [-0.1, -0.05) is 30.9 Å². The lowest BCUT2D eigenvalue weighted by Crippen LogP contribution is -2.33. The number of benzene rings is 2. The van der Waals surface area contributed by atoms with E-state index in [-0.39, 0.29) is 16.7 Å². The molecule has 32 heavy (non-hydrogen) atoms. The van der Waals surface area contributed by atoms with Crippen LogP contribution in [-0.2, 0) is 28.3 Å². The zero-order chi connectivity index (χ0) is 22.7. The van der Waals surface area contributed by atoms with Gasteiger partial charge in [0.2, 0.25) is 5.91 Å². The number of imidazole rings is 1. The lowest BCUT2D eigenvalue weighted by atomic mass is 9.89. The maximum Gasteiger partial charge on any atom is 0.261 e. The molecule has 7 nitrogen and oxygen atoms in total. The second-order valence-electron chi connectivity index (χ2n) is 8.23. The van der Waals surface area contributed by atoms with Gasteiger partial charge in [0.1, 0.15) is 5.82 Å². The number of sulfonamides is 1. The molecule has 4 rings (SSSR count). The molecule has 9 heteroatoms. The Morgan fingerprint density at radius 3 is 2.56 bits per heavy atom. The molecule has 2 N–H and O–H groups in total. The minimum Gasteiger partial charge on any atom is -0.355 e. The number of halogens is 1. The Hall–Kier alpha value is -2.58. The molecule has 1 fully saturated rings. The van der Waals surface area contributed by atoms with Crippen LogP contribution in [-0.4, -0.2) is 30.4 Å². The average molecular weight is 475 g/mol. The summed E-state index contributed by atoms with van der Waals surface area (Å²) in [5, 5.41) is 3.52. The van der Waals surface area contributed by atoms with Crippen LogP contribution in [0.1, 0.15) is 37.9 Å². The highest BCUT2D eigenvalue weighted by Gasteiger charge is 2.21. The van der Waals surface area contributed by atoms with E-state index in [0.29, 0.717) is 29.2 Å². The van der Waals surface area contributed by atoms with E-state index in [1.165, 1.54) is 30.7 Å². The summed E-state index contributed by atoms with van der Waals surface area (Å²) in [6.07, 6.45) is 6.05. The summed E-state index contributed by atoms with van der Waals surface area (Å²) in [6, 6.07) is 11.3. The number of carbonyl (C=O) groups excluding carboxylic acids is 1. The number of hydrogen-bond donors (Lipinski definition) is 2. The van der Waals surface area contributed by atoms with Crippen molar-refractivity contribution in [3.8, 4) is 0 Å². The van der Waals surface area contributed by atoms with Crippen molar-refractivity contribution in [2.75, 3.05) is 11.3 Å². The smallest absolute Gasteiger partial charge is 0.261 e. The molecule has 0 bridgehead atoms. The molecule has 1 heterocycles. The number of aromatic nitrogens is 2. The van der Waals surface area contributed by atoms with Gasteiger partial charge >= 0.3 is 0 Å². The van der Waals surface area contributed by atoms with Gasteiger partial charge in [0.05, 0.1) is 21.6 Å². The van der Waals surface area contributed by atoms with Crippen LogP contribution < -0.4 is 10.0 Å². The SMILES string of the molecule is Cn1c(CCNC(=O)C2CCCCC2)nc2cc(NS(=O)(=O)c3ccc(Cl)cc3)ccc21. The highest BCUT2D eigenvalue weighted by molar-refractivity contribution is 7.92. The van der Waals surface area contributed by atoms with Gasteiger partial charge in [0, 0.05) is 31.0 Å². The predicted molar refractivity (Wildman–Crippen MR) is 126 cm³/mol. The Kier molecular flexibility index (Phi) is 6.71. The van der Waals surface area contributed by atoms with Gasteiger partial charge in [0.15, 0.2) is 0 Å². The number of nitrogens with zero attached hydrogens (tertiary/aromatic N) is 2. The minimum absolute atomic E-state index is 0.136. The summed E-state index contributed by atoms with van der Waals surface area (Å²) >= 11 is 5.85. The lowest BCUT2D eigenvalue weighted by Gasteiger charge is -2.20. The van der Waals surface area contributed by atoms with E-state index in [4.69, 9.17) is 11.6 Å². The van der Waals surface area contributed by atoms with Crippen LogP contribution in [0.15, 0.2) is 47.4 Å². The van der Waals surface area contributed by atoms with Crippen LogP contribution in [0.2, 0.25) is 5.02 Å². The van der Waals surface area contributed by atoms with E-state index >= 15 is 0 Å². The van der Waals surface area contributed by atoms with E-state index in [9.17, 15) is 13.2 Å². The van der Waals surface area contributed by atoms with Crippen molar-refractivity contribution < 1.29 is 13.2 Å². The van der Waals surface area contributed by atoms with Gasteiger partial charge in [-0.2, -0.15) is 0 Å². The first kappa shape index (κ1) is 22.6. The van der Waals surface area contributed by atoms with E-state index in [1.54, 1.807) is 12.1 Å². The molecule has 0 radical (unpaired) electrons. The van der Waals surface area contributed by atoms with Crippen molar-refractivity contribution in [3.05, 3.63) is 53.3 Å². The van der Waals surface area contributed by atoms with E-state index in [0.717, 1.165) is 37.0 Å². The number of fused-ring (bicyclic) bond motifs is 1. The van der Waals surface area contributed by atoms with Crippen LogP contribution in [0, 0.1) is 5.92 Å². The molecule has 0 spiro atoms. The molecular weight excluding hydrogens is 448 g/mol. The third kappa shape index (κ3) is 5.07. The predicted octanol–water partition coefficient (Wildman–Crippen LogP) is 4.27. The Bertz CT molecular complexity index is 1220. The summed E-state index contributed by atoms with van der Waals surface area (Å²) in [6.45, 7) is 0.530. The summed E-state index contributed by atoms with van der Waals surface area (Å²) < 4.78 is 29.8. The molecule has 1 saturated carbocycles. The fourth-order valence-electron chi connectivity index (χ4n) is 4.17. The number of carbonyl (C=O) groups is 1. The zero-order valence-corrected chi connectivity index (χ0v) is 19.5. The molecule has 1 amide bonds. The highest BCUT2D eigenvalue weighted by atomic mass is 35.5. The maximum absolute atomic E-state index is 12.6. The fourth-order valence-corrected chi connectivity index (χ4v) is 5.35. The van der Waals surface area contributed by atoms with Gasteiger partial charge in [0.25, 0.3) is 10.0 Å². The maximum atomic E-state index is 12.6. The Labute approximate surface area is 193 Å². The third-order valence-electron chi connectivity index (χ3n) is 5.97. The third-order valence-corrected chi connectivity index (χ3v) is 7.62. The zero-order valence-electron chi connectivity index (χ0n) is 18.0. The normalized spacial score (nSPS) is 15.1. The van der Waals surface area contributed by atoms with Gasteiger partial charge in [-0.05, 0) is 55.3 Å². The Balaban J connectivity index is 1.43. The minimum atomic E-state index is -3.73. The van der Waals surface area contributed by atoms with Crippen LogP contribution >= 0.6 is 11.6 Å². The average Bonchev–Trinajstić information content (AvgIpc) is 3.09. The monoisotopic (exact) mass is 474 g/mol. The second kappa shape index (κ2) is 9.50. The molecule has 0 atom stereocenters. The van der Waals surface area contributed by atoms with E-state index in [2.05, 4.69) is 15.0 Å². The van der Waals surface area contributed by atoms with Crippen molar-refractivity contribution in [1.29, 1.82) is 0 Å². The van der Waals surface area contributed by atoms with Gasteiger partial charge < -0.3 is 9.88 Å². The molecule has 1 aromatic heterocycles. The van der Waals surface area contributed by atoms with Crippen molar-refractivity contribution in [2.45, 2.75) is 43.4 Å². The molecule has 0 unspecified atom stereocenters. The summed E-state index contributed by atoms with van der Waals surface area (Å²) in [7, 11) is -1.81. The topological polar surface area (TPSA) is 93.1 Å². The van der Waals surface area contributed by atoms with Crippen molar-refractivity contribution >= 4 is 44.3 Å². The standard InChI is InChI=1S/C23H27ClN4O3S/c1-28-21-12-9-18(27-32(30,31)19-10-7-17(24)8-11-19)15-20(21)26-22(28)13-14-25-23(29)16-5-3-2-4-6-16/h7-12,15-16,27H,2-6,13-14H2,1H3,(H,25,29). The van der Waals surface area contributed by atoms with Crippen molar-refractivity contribution in [2.24, 2.45) is 13.0 Å². The largest absolute Gasteiger partial charge is 0.355 e.